The van der Waals surface area contributed by atoms with Gasteiger partial charge in [0.05, 0.1) is 6.54 Å². The fourth-order valence-electron chi connectivity index (χ4n) is 1.77. The molecule has 7 heteroatoms. The molecule has 0 unspecified atom stereocenters. The Morgan fingerprint density at radius 2 is 2.17 bits per heavy atom. The molecule has 1 aromatic heterocycles. The van der Waals surface area contributed by atoms with E-state index in [0.29, 0.717) is 18.8 Å². The van der Waals surface area contributed by atoms with E-state index in [1.54, 1.807) is 0 Å². The van der Waals surface area contributed by atoms with Gasteiger partial charge in [0.1, 0.15) is 6.54 Å². The minimum Gasteiger partial charge on any atom is -0.398 e. The summed E-state index contributed by atoms with van der Waals surface area (Å²) in [4.78, 5) is 36.0. The van der Waals surface area contributed by atoms with Gasteiger partial charge in [0.25, 0.3) is 5.56 Å². The van der Waals surface area contributed by atoms with E-state index < -0.39 is 0 Å². The molecule has 0 bridgehead atoms. The van der Waals surface area contributed by atoms with E-state index in [1.165, 1.54) is 27.8 Å². The number of aromatic nitrogens is 1. The minimum absolute atomic E-state index is 0.0376. The van der Waals surface area contributed by atoms with Gasteiger partial charge in [0.15, 0.2) is 0 Å². The maximum atomic E-state index is 11.9. The molecule has 3 N–H and O–H groups in total. The average Bonchev–Trinajstić information content (AvgIpc) is 2.34. The third-order valence-corrected chi connectivity index (χ3v) is 2.70. The maximum absolute atomic E-state index is 11.9. The highest BCUT2D eigenvalue weighted by Gasteiger charge is 2.21. The number of carbonyl (C=O) groups excluding carboxylic acids is 2. The van der Waals surface area contributed by atoms with Crippen LogP contribution in [0.2, 0.25) is 0 Å². The third kappa shape index (κ3) is 2.68. The summed E-state index contributed by atoms with van der Waals surface area (Å²) in [5, 5.41) is 2.63. The molecule has 0 aromatic carbocycles. The SMILES string of the molecule is Nc1ccc(=O)n(CC(=O)N2CCNC(=O)C2)c1. The predicted octanol–water partition coefficient (Wildman–Crippen LogP) is -1.61. The van der Waals surface area contributed by atoms with Gasteiger partial charge in [-0.25, -0.2) is 0 Å². The van der Waals surface area contributed by atoms with Gasteiger partial charge in [-0.05, 0) is 6.07 Å². The summed E-state index contributed by atoms with van der Waals surface area (Å²) in [7, 11) is 0. The molecule has 96 valence electrons. The smallest absolute Gasteiger partial charge is 0.251 e. The van der Waals surface area contributed by atoms with Crippen molar-refractivity contribution in [3.63, 3.8) is 0 Å². The van der Waals surface area contributed by atoms with Gasteiger partial charge < -0.3 is 20.5 Å². The van der Waals surface area contributed by atoms with E-state index in [9.17, 15) is 14.4 Å². The van der Waals surface area contributed by atoms with Crippen LogP contribution in [0.5, 0.6) is 0 Å². The zero-order chi connectivity index (χ0) is 13.1. The highest BCUT2D eigenvalue weighted by molar-refractivity contribution is 5.85. The summed E-state index contributed by atoms with van der Waals surface area (Å²) in [6.07, 6.45) is 1.42. The number of piperazine rings is 1. The fourth-order valence-corrected chi connectivity index (χ4v) is 1.77. The number of hydrogen-bond donors (Lipinski definition) is 2. The number of nitrogens with two attached hydrogens (primary N) is 1. The first-order valence-electron chi connectivity index (χ1n) is 5.57. The van der Waals surface area contributed by atoms with Crippen LogP contribution >= 0.6 is 0 Å². The second kappa shape index (κ2) is 4.91. The molecule has 1 aromatic rings. The van der Waals surface area contributed by atoms with Crippen molar-refractivity contribution in [2.24, 2.45) is 0 Å². The second-order valence-electron chi connectivity index (χ2n) is 4.09. The molecule has 1 aliphatic heterocycles. The molecule has 2 amide bonds. The summed E-state index contributed by atoms with van der Waals surface area (Å²) in [5.74, 6) is -0.452. The van der Waals surface area contributed by atoms with Gasteiger partial charge in [-0.2, -0.15) is 0 Å². The summed E-state index contributed by atoms with van der Waals surface area (Å²) in [6.45, 7) is 0.838. The Kier molecular flexibility index (Phi) is 3.31. The van der Waals surface area contributed by atoms with E-state index in [-0.39, 0.29) is 30.5 Å². The van der Waals surface area contributed by atoms with Gasteiger partial charge in [0.2, 0.25) is 11.8 Å². The molecular weight excluding hydrogens is 236 g/mol. The summed E-state index contributed by atoms with van der Waals surface area (Å²) in [6, 6.07) is 2.79. The highest BCUT2D eigenvalue weighted by atomic mass is 16.2. The largest absolute Gasteiger partial charge is 0.398 e. The van der Waals surface area contributed by atoms with Crippen LogP contribution in [0.15, 0.2) is 23.1 Å². The molecule has 0 atom stereocenters. The Bertz CT molecular complexity index is 537. The van der Waals surface area contributed by atoms with Gasteiger partial charge in [-0.15, -0.1) is 0 Å². The zero-order valence-electron chi connectivity index (χ0n) is 9.76. The maximum Gasteiger partial charge on any atom is 0.251 e. The first-order valence-corrected chi connectivity index (χ1v) is 5.57. The van der Waals surface area contributed by atoms with E-state index in [1.807, 2.05) is 0 Å². The Morgan fingerprint density at radius 3 is 2.89 bits per heavy atom. The highest BCUT2D eigenvalue weighted by Crippen LogP contribution is 1.99. The van der Waals surface area contributed by atoms with Crippen molar-refractivity contribution in [2.75, 3.05) is 25.4 Å². The number of rotatable bonds is 2. The molecule has 0 aliphatic carbocycles. The summed E-state index contributed by atoms with van der Waals surface area (Å²) >= 11 is 0. The van der Waals surface area contributed by atoms with Crippen LogP contribution in [0, 0.1) is 0 Å². The number of nitrogen functional groups attached to an aromatic ring is 1. The van der Waals surface area contributed by atoms with Crippen LogP contribution in [0.4, 0.5) is 5.69 Å². The van der Waals surface area contributed by atoms with Crippen molar-refractivity contribution in [3.8, 4) is 0 Å². The van der Waals surface area contributed by atoms with Crippen molar-refractivity contribution in [2.45, 2.75) is 6.54 Å². The molecule has 0 radical (unpaired) electrons. The lowest BCUT2D eigenvalue weighted by Crippen LogP contribution is -2.51. The van der Waals surface area contributed by atoms with Gasteiger partial charge in [-0.3, -0.25) is 14.4 Å². The minimum atomic E-state index is -0.293. The first kappa shape index (κ1) is 12.2. The lowest BCUT2D eigenvalue weighted by molar-refractivity contribution is -0.138. The Morgan fingerprint density at radius 1 is 1.39 bits per heavy atom. The number of pyridine rings is 1. The molecular formula is C11H14N4O3. The molecule has 7 nitrogen and oxygen atoms in total. The summed E-state index contributed by atoms with van der Waals surface area (Å²) < 4.78 is 1.24. The number of hydrogen-bond acceptors (Lipinski definition) is 4. The van der Waals surface area contributed by atoms with E-state index in [2.05, 4.69) is 5.32 Å². The molecule has 0 saturated carbocycles. The Balaban J connectivity index is 2.09. The number of nitrogens with zero attached hydrogens (tertiary/aromatic N) is 2. The van der Waals surface area contributed by atoms with Crippen molar-refractivity contribution < 1.29 is 9.59 Å². The van der Waals surface area contributed by atoms with Crippen LogP contribution < -0.4 is 16.6 Å². The van der Waals surface area contributed by atoms with Crippen molar-refractivity contribution in [1.29, 1.82) is 0 Å². The van der Waals surface area contributed by atoms with Crippen molar-refractivity contribution >= 4 is 17.5 Å². The second-order valence-corrected chi connectivity index (χ2v) is 4.09. The Hall–Kier alpha value is -2.31. The van der Waals surface area contributed by atoms with Crippen LogP contribution in [0.1, 0.15) is 0 Å². The van der Waals surface area contributed by atoms with Crippen LogP contribution in [-0.2, 0) is 16.1 Å². The third-order valence-electron chi connectivity index (χ3n) is 2.70. The van der Waals surface area contributed by atoms with Crippen molar-refractivity contribution in [1.82, 2.24) is 14.8 Å². The van der Waals surface area contributed by atoms with E-state index in [4.69, 9.17) is 5.73 Å². The normalized spacial score (nSPS) is 15.3. The first-order chi connectivity index (χ1) is 8.56. The quantitative estimate of drug-likeness (QED) is 0.659. The number of anilines is 1. The molecule has 2 rings (SSSR count). The van der Waals surface area contributed by atoms with E-state index in [0.717, 1.165) is 0 Å². The van der Waals surface area contributed by atoms with Crippen LogP contribution in [0.25, 0.3) is 0 Å². The molecule has 1 saturated heterocycles. The lowest BCUT2D eigenvalue weighted by Gasteiger charge is -2.26. The average molecular weight is 250 g/mol. The Labute approximate surface area is 103 Å². The molecule has 18 heavy (non-hydrogen) atoms. The van der Waals surface area contributed by atoms with Crippen molar-refractivity contribution in [3.05, 3.63) is 28.7 Å². The lowest BCUT2D eigenvalue weighted by atomic mass is 10.3. The fraction of sp³-hybridized carbons (Fsp3) is 0.364. The van der Waals surface area contributed by atoms with Gasteiger partial charge in [-0.1, -0.05) is 0 Å². The molecule has 0 spiro atoms. The van der Waals surface area contributed by atoms with Crippen LogP contribution in [-0.4, -0.2) is 40.9 Å². The van der Waals surface area contributed by atoms with Gasteiger partial charge in [0, 0.05) is 31.0 Å². The molecule has 2 heterocycles. The van der Waals surface area contributed by atoms with E-state index >= 15 is 0 Å². The summed E-state index contributed by atoms with van der Waals surface area (Å²) in [5.41, 5.74) is 5.68. The predicted molar refractivity (Wildman–Crippen MR) is 64.7 cm³/mol. The number of amides is 2. The number of nitrogens with one attached hydrogen (secondary N) is 1. The number of carbonyl (C=O) groups is 2. The molecule has 1 aliphatic rings. The zero-order valence-corrected chi connectivity index (χ0v) is 9.76. The van der Waals surface area contributed by atoms with Crippen LogP contribution in [0.3, 0.4) is 0 Å². The monoisotopic (exact) mass is 250 g/mol. The molecule has 1 fully saturated rings. The topological polar surface area (TPSA) is 97.4 Å². The van der Waals surface area contributed by atoms with Gasteiger partial charge >= 0.3 is 0 Å². The standard InChI is InChI=1S/C11H14N4O3/c12-8-1-2-10(17)15(5-8)7-11(18)14-4-3-13-9(16)6-14/h1-2,5H,3-4,6-7,12H2,(H,13,16).